The van der Waals surface area contributed by atoms with Gasteiger partial charge in [-0.2, -0.15) is 0 Å². The number of carbonyl (C=O) groups is 2. The summed E-state index contributed by atoms with van der Waals surface area (Å²) in [6, 6.07) is 13.9. The Morgan fingerprint density at radius 2 is 1.92 bits per heavy atom. The highest BCUT2D eigenvalue weighted by atomic mass is 35.5. The molecule has 0 saturated heterocycles. The van der Waals surface area contributed by atoms with E-state index in [4.69, 9.17) is 21.1 Å². The Labute approximate surface area is 156 Å². The third-order valence-electron chi connectivity index (χ3n) is 3.11. The van der Waals surface area contributed by atoms with E-state index in [2.05, 4.69) is 11.9 Å². The molecule has 2 aromatic rings. The van der Waals surface area contributed by atoms with Crippen molar-refractivity contribution in [3.05, 3.63) is 77.8 Å². The Hall–Kier alpha value is -3.05. The Kier molecular flexibility index (Phi) is 7.46. The number of carbonyl (C=O) groups excluding carboxylic acids is 2. The Morgan fingerprint density at radius 3 is 2.62 bits per heavy atom. The maximum atomic E-state index is 11.7. The van der Waals surface area contributed by atoms with Crippen LogP contribution in [0.4, 0.5) is 5.69 Å². The molecule has 0 unspecified atom stereocenters. The summed E-state index contributed by atoms with van der Waals surface area (Å²) in [7, 11) is 0. The second kappa shape index (κ2) is 10.1. The molecule has 2 rings (SSSR count). The van der Waals surface area contributed by atoms with Crippen LogP contribution in [0.3, 0.4) is 0 Å². The van der Waals surface area contributed by atoms with Crippen LogP contribution in [-0.4, -0.2) is 25.1 Å². The fourth-order valence-electron chi connectivity index (χ4n) is 1.94. The lowest BCUT2D eigenvalue weighted by Crippen LogP contribution is -2.20. The highest BCUT2D eigenvalue weighted by molar-refractivity contribution is 6.30. The van der Waals surface area contributed by atoms with Crippen LogP contribution in [0, 0.1) is 0 Å². The topological polar surface area (TPSA) is 64.6 Å². The van der Waals surface area contributed by atoms with E-state index in [1.807, 2.05) is 0 Å². The minimum atomic E-state index is -0.613. The number of rotatable bonds is 8. The second-order valence-electron chi connectivity index (χ2n) is 5.17. The van der Waals surface area contributed by atoms with Gasteiger partial charge in [-0.05, 0) is 42.0 Å². The molecule has 134 valence electrons. The van der Waals surface area contributed by atoms with Gasteiger partial charge in [0, 0.05) is 16.8 Å². The van der Waals surface area contributed by atoms with E-state index in [9.17, 15) is 9.59 Å². The molecular formula is C20H18ClNO4. The predicted molar refractivity (Wildman–Crippen MR) is 102 cm³/mol. The molecule has 0 spiro atoms. The molecule has 0 aliphatic carbocycles. The van der Waals surface area contributed by atoms with Crippen molar-refractivity contribution in [3.8, 4) is 5.75 Å². The molecule has 0 saturated carbocycles. The summed E-state index contributed by atoms with van der Waals surface area (Å²) >= 11 is 5.83. The first-order valence-corrected chi connectivity index (χ1v) is 8.18. The van der Waals surface area contributed by atoms with Gasteiger partial charge in [-0.25, -0.2) is 4.79 Å². The van der Waals surface area contributed by atoms with E-state index in [-0.39, 0.29) is 6.61 Å². The van der Waals surface area contributed by atoms with Gasteiger partial charge in [0.1, 0.15) is 12.4 Å². The fraction of sp³-hybridized carbons (Fsp3) is 0.100. The van der Waals surface area contributed by atoms with Crippen molar-refractivity contribution in [2.24, 2.45) is 0 Å². The molecule has 26 heavy (non-hydrogen) atoms. The molecule has 0 fully saturated rings. The molecule has 0 radical (unpaired) electrons. The van der Waals surface area contributed by atoms with Crippen LogP contribution in [0.5, 0.6) is 5.75 Å². The lowest BCUT2D eigenvalue weighted by atomic mass is 10.2. The lowest BCUT2D eigenvalue weighted by molar-refractivity contribution is -0.142. The van der Waals surface area contributed by atoms with Gasteiger partial charge in [0.15, 0.2) is 6.61 Å². The summed E-state index contributed by atoms with van der Waals surface area (Å²) in [5.74, 6) is -0.349. The van der Waals surface area contributed by atoms with E-state index in [0.717, 1.165) is 5.56 Å². The standard InChI is InChI=1S/C20H18ClNO4/c1-2-12-25-18-9-6-15(7-10-18)8-11-20(24)26-14-19(23)22-17-5-3-4-16(21)13-17/h2-11,13H,1,12,14H2,(H,22,23)/b11-8+. The number of anilines is 1. The van der Waals surface area contributed by atoms with Gasteiger partial charge in [0.05, 0.1) is 0 Å². The number of nitrogens with one attached hydrogen (secondary N) is 1. The molecular weight excluding hydrogens is 354 g/mol. The van der Waals surface area contributed by atoms with Gasteiger partial charge in [-0.1, -0.05) is 42.5 Å². The maximum absolute atomic E-state index is 11.7. The maximum Gasteiger partial charge on any atom is 0.331 e. The molecule has 1 N–H and O–H groups in total. The van der Waals surface area contributed by atoms with Crippen LogP contribution < -0.4 is 10.1 Å². The molecule has 0 atom stereocenters. The SMILES string of the molecule is C=CCOc1ccc(/C=C/C(=O)OCC(=O)Nc2cccc(Cl)c2)cc1. The summed E-state index contributed by atoms with van der Waals surface area (Å²) in [4.78, 5) is 23.4. The Morgan fingerprint density at radius 1 is 1.15 bits per heavy atom. The zero-order chi connectivity index (χ0) is 18.8. The zero-order valence-corrected chi connectivity index (χ0v) is 14.7. The highest BCUT2D eigenvalue weighted by Gasteiger charge is 2.06. The molecule has 1 amide bonds. The number of hydrogen-bond donors (Lipinski definition) is 1. The third kappa shape index (κ3) is 6.83. The lowest BCUT2D eigenvalue weighted by Gasteiger charge is -2.05. The van der Waals surface area contributed by atoms with Crippen LogP contribution in [-0.2, 0) is 14.3 Å². The number of benzene rings is 2. The number of ether oxygens (including phenoxy) is 2. The summed E-state index contributed by atoms with van der Waals surface area (Å²) in [5.41, 5.74) is 1.34. The molecule has 0 aliphatic heterocycles. The number of amides is 1. The van der Waals surface area contributed by atoms with Gasteiger partial charge >= 0.3 is 5.97 Å². The first-order valence-electron chi connectivity index (χ1n) is 7.81. The van der Waals surface area contributed by atoms with Crippen molar-refractivity contribution in [2.45, 2.75) is 0 Å². The quantitative estimate of drug-likeness (QED) is 0.431. The summed E-state index contributed by atoms with van der Waals surface area (Å²) in [6.07, 6.45) is 4.51. The minimum Gasteiger partial charge on any atom is -0.490 e. The first-order chi connectivity index (χ1) is 12.6. The van der Waals surface area contributed by atoms with Crippen LogP contribution in [0.25, 0.3) is 6.08 Å². The number of halogens is 1. The van der Waals surface area contributed by atoms with E-state index in [1.54, 1.807) is 60.7 Å². The van der Waals surface area contributed by atoms with Crippen LogP contribution >= 0.6 is 11.6 Å². The zero-order valence-electron chi connectivity index (χ0n) is 14.0. The fourth-order valence-corrected chi connectivity index (χ4v) is 2.13. The first kappa shape index (κ1) is 19.3. The molecule has 0 bridgehead atoms. The normalized spacial score (nSPS) is 10.3. The van der Waals surface area contributed by atoms with Crippen molar-refractivity contribution >= 4 is 35.2 Å². The van der Waals surface area contributed by atoms with Crippen molar-refractivity contribution in [2.75, 3.05) is 18.5 Å². The highest BCUT2D eigenvalue weighted by Crippen LogP contribution is 2.15. The second-order valence-corrected chi connectivity index (χ2v) is 5.60. The van der Waals surface area contributed by atoms with Crippen LogP contribution in [0.15, 0.2) is 67.3 Å². The van der Waals surface area contributed by atoms with Crippen LogP contribution in [0.2, 0.25) is 5.02 Å². The summed E-state index contributed by atoms with van der Waals surface area (Å²) in [5, 5.41) is 3.09. The average Bonchev–Trinajstić information content (AvgIpc) is 2.64. The average molecular weight is 372 g/mol. The van der Waals surface area contributed by atoms with Gasteiger partial charge < -0.3 is 14.8 Å². The van der Waals surface area contributed by atoms with Crippen molar-refractivity contribution < 1.29 is 19.1 Å². The van der Waals surface area contributed by atoms with Gasteiger partial charge in [-0.15, -0.1) is 0 Å². The van der Waals surface area contributed by atoms with Crippen molar-refractivity contribution in [1.82, 2.24) is 0 Å². The van der Waals surface area contributed by atoms with E-state index >= 15 is 0 Å². The third-order valence-corrected chi connectivity index (χ3v) is 3.35. The molecule has 2 aromatic carbocycles. The van der Waals surface area contributed by atoms with Gasteiger partial charge in [0.25, 0.3) is 5.91 Å². The molecule has 6 heteroatoms. The van der Waals surface area contributed by atoms with E-state index in [1.165, 1.54) is 6.08 Å². The van der Waals surface area contributed by atoms with E-state index < -0.39 is 11.9 Å². The molecule has 0 heterocycles. The van der Waals surface area contributed by atoms with Crippen molar-refractivity contribution in [3.63, 3.8) is 0 Å². The summed E-state index contributed by atoms with van der Waals surface area (Å²) in [6.45, 7) is 3.62. The van der Waals surface area contributed by atoms with E-state index in [0.29, 0.717) is 23.1 Å². The largest absolute Gasteiger partial charge is 0.490 e. The molecule has 5 nitrogen and oxygen atoms in total. The Bertz CT molecular complexity index is 800. The minimum absolute atomic E-state index is 0.385. The predicted octanol–water partition coefficient (Wildman–Crippen LogP) is 4.10. The van der Waals surface area contributed by atoms with Gasteiger partial charge in [0.2, 0.25) is 0 Å². The Balaban J connectivity index is 1.77. The van der Waals surface area contributed by atoms with Crippen LogP contribution in [0.1, 0.15) is 5.56 Å². The number of esters is 1. The van der Waals surface area contributed by atoms with Gasteiger partial charge in [-0.3, -0.25) is 4.79 Å². The number of hydrogen-bond acceptors (Lipinski definition) is 4. The molecule has 0 aromatic heterocycles. The van der Waals surface area contributed by atoms with Crippen molar-refractivity contribution in [1.29, 1.82) is 0 Å². The summed E-state index contributed by atoms with van der Waals surface area (Å²) < 4.78 is 10.3. The smallest absolute Gasteiger partial charge is 0.331 e. The molecule has 0 aliphatic rings. The monoisotopic (exact) mass is 371 g/mol.